The minimum absolute atomic E-state index is 0.0111. The van der Waals surface area contributed by atoms with E-state index in [2.05, 4.69) is 4.90 Å². The van der Waals surface area contributed by atoms with E-state index >= 15 is 0 Å². The van der Waals surface area contributed by atoms with Crippen LogP contribution < -0.4 is 9.64 Å². The zero-order valence-corrected chi connectivity index (χ0v) is 15.7. The summed E-state index contributed by atoms with van der Waals surface area (Å²) in [5.41, 5.74) is 2.16. The van der Waals surface area contributed by atoms with Gasteiger partial charge in [0.2, 0.25) is 0 Å². The highest BCUT2D eigenvalue weighted by Crippen LogP contribution is 2.21. The second-order valence-corrected chi connectivity index (χ2v) is 6.40. The molecule has 0 spiro atoms. The van der Waals surface area contributed by atoms with Crippen LogP contribution in [-0.2, 0) is 4.74 Å². The van der Waals surface area contributed by atoms with Gasteiger partial charge in [-0.2, -0.15) is 0 Å². The third kappa shape index (κ3) is 4.39. The average Bonchev–Trinajstić information content (AvgIpc) is 2.99. The Kier molecular flexibility index (Phi) is 5.96. The highest BCUT2D eigenvalue weighted by molar-refractivity contribution is 5.96. The summed E-state index contributed by atoms with van der Waals surface area (Å²) in [5.74, 6) is 0.419. The molecule has 0 N–H and O–H groups in total. The predicted octanol–water partition coefficient (Wildman–Crippen LogP) is 2.83. The molecule has 0 saturated carbocycles. The van der Waals surface area contributed by atoms with Crippen molar-refractivity contribution < 1.29 is 19.1 Å². The van der Waals surface area contributed by atoms with Crippen LogP contribution in [0.4, 0.5) is 5.69 Å². The molecule has 1 aliphatic heterocycles. The lowest BCUT2D eigenvalue weighted by molar-refractivity contribution is 0.0599. The monoisotopic (exact) mass is 368 g/mol. The number of rotatable bonds is 4. The van der Waals surface area contributed by atoms with Gasteiger partial charge in [0.25, 0.3) is 5.91 Å². The molecular formula is C21H24N2O4. The number of anilines is 1. The molecule has 6 nitrogen and oxygen atoms in total. The van der Waals surface area contributed by atoms with Crippen molar-refractivity contribution in [3.8, 4) is 5.75 Å². The Balaban J connectivity index is 1.64. The van der Waals surface area contributed by atoms with Crippen LogP contribution in [0.25, 0.3) is 0 Å². The standard InChI is InChI=1S/C21H24N2O4/c1-26-19-10-8-18(9-11-19)22-12-3-13-23(15-14-22)20(24)16-4-6-17(7-5-16)21(25)27-2/h4-11H,3,12-15H2,1-2H3. The Hall–Kier alpha value is -3.02. The van der Waals surface area contributed by atoms with E-state index in [9.17, 15) is 9.59 Å². The van der Waals surface area contributed by atoms with Gasteiger partial charge in [-0.15, -0.1) is 0 Å². The second-order valence-electron chi connectivity index (χ2n) is 6.40. The normalized spacial score (nSPS) is 14.4. The van der Waals surface area contributed by atoms with Crippen LogP contribution in [0.1, 0.15) is 27.1 Å². The molecule has 0 unspecified atom stereocenters. The quantitative estimate of drug-likeness (QED) is 0.777. The molecule has 27 heavy (non-hydrogen) atoms. The van der Waals surface area contributed by atoms with Crippen LogP contribution in [-0.4, -0.2) is 57.2 Å². The fourth-order valence-corrected chi connectivity index (χ4v) is 3.22. The van der Waals surface area contributed by atoms with E-state index in [4.69, 9.17) is 9.47 Å². The van der Waals surface area contributed by atoms with Crippen LogP contribution >= 0.6 is 0 Å². The lowest BCUT2D eigenvalue weighted by Gasteiger charge is -2.24. The summed E-state index contributed by atoms with van der Waals surface area (Å²) >= 11 is 0. The number of esters is 1. The number of hydrogen-bond donors (Lipinski definition) is 0. The molecule has 1 heterocycles. The summed E-state index contributed by atoms with van der Waals surface area (Å²) in [6, 6.07) is 14.6. The van der Waals surface area contributed by atoms with Gasteiger partial charge in [0, 0.05) is 37.4 Å². The van der Waals surface area contributed by atoms with Gasteiger partial charge in [0.05, 0.1) is 19.8 Å². The number of hydrogen-bond acceptors (Lipinski definition) is 5. The van der Waals surface area contributed by atoms with Crippen LogP contribution in [0.5, 0.6) is 5.75 Å². The molecule has 0 bridgehead atoms. The van der Waals surface area contributed by atoms with Crippen molar-refractivity contribution in [1.82, 2.24) is 4.90 Å². The highest BCUT2D eigenvalue weighted by Gasteiger charge is 2.21. The number of ether oxygens (including phenoxy) is 2. The molecule has 1 aliphatic rings. The van der Waals surface area contributed by atoms with E-state index in [1.54, 1.807) is 31.4 Å². The summed E-state index contributed by atoms with van der Waals surface area (Å²) in [4.78, 5) is 28.5. The first-order valence-electron chi connectivity index (χ1n) is 8.99. The summed E-state index contributed by atoms with van der Waals surface area (Å²) in [5, 5.41) is 0. The summed E-state index contributed by atoms with van der Waals surface area (Å²) in [6.45, 7) is 3.05. The molecule has 3 rings (SSSR count). The Morgan fingerprint density at radius 1 is 0.815 bits per heavy atom. The number of amides is 1. The number of carbonyl (C=O) groups is 2. The molecule has 0 aromatic heterocycles. The maximum atomic E-state index is 12.8. The Morgan fingerprint density at radius 3 is 2.11 bits per heavy atom. The molecule has 0 atom stereocenters. The molecule has 0 aliphatic carbocycles. The van der Waals surface area contributed by atoms with E-state index in [1.165, 1.54) is 7.11 Å². The van der Waals surface area contributed by atoms with Gasteiger partial charge in [-0.25, -0.2) is 4.79 Å². The number of methoxy groups -OCH3 is 2. The molecule has 6 heteroatoms. The molecule has 1 amide bonds. The molecular weight excluding hydrogens is 344 g/mol. The Morgan fingerprint density at radius 2 is 1.48 bits per heavy atom. The van der Waals surface area contributed by atoms with Gasteiger partial charge in [-0.05, 0) is 55.0 Å². The Bertz CT molecular complexity index is 787. The minimum atomic E-state index is -0.404. The summed E-state index contributed by atoms with van der Waals surface area (Å²) in [7, 11) is 3.00. The van der Waals surface area contributed by atoms with Crippen LogP contribution in [0.2, 0.25) is 0 Å². The Labute approximate surface area is 159 Å². The van der Waals surface area contributed by atoms with Crippen LogP contribution in [0.3, 0.4) is 0 Å². The van der Waals surface area contributed by atoms with Gasteiger partial charge in [-0.3, -0.25) is 4.79 Å². The topological polar surface area (TPSA) is 59.1 Å². The number of benzene rings is 2. The first-order valence-corrected chi connectivity index (χ1v) is 8.99. The molecule has 1 saturated heterocycles. The third-order valence-corrected chi connectivity index (χ3v) is 4.77. The molecule has 2 aromatic carbocycles. The van der Waals surface area contributed by atoms with E-state index in [0.717, 1.165) is 30.9 Å². The maximum absolute atomic E-state index is 12.8. The highest BCUT2D eigenvalue weighted by atomic mass is 16.5. The smallest absolute Gasteiger partial charge is 0.337 e. The fourth-order valence-electron chi connectivity index (χ4n) is 3.22. The van der Waals surface area contributed by atoms with Crippen molar-refractivity contribution in [3.63, 3.8) is 0 Å². The van der Waals surface area contributed by atoms with Crippen molar-refractivity contribution in [2.75, 3.05) is 45.3 Å². The zero-order chi connectivity index (χ0) is 19.2. The maximum Gasteiger partial charge on any atom is 0.337 e. The van der Waals surface area contributed by atoms with Crippen molar-refractivity contribution >= 4 is 17.6 Å². The summed E-state index contributed by atoms with van der Waals surface area (Å²) < 4.78 is 9.90. The van der Waals surface area contributed by atoms with E-state index in [1.807, 2.05) is 29.2 Å². The number of nitrogens with zero attached hydrogens (tertiary/aromatic N) is 2. The lowest BCUT2D eigenvalue weighted by atomic mass is 10.1. The van der Waals surface area contributed by atoms with Gasteiger partial charge < -0.3 is 19.3 Å². The van der Waals surface area contributed by atoms with Crippen LogP contribution in [0, 0.1) is 0 Å². The fraction of sp³-hybridized carbons (Fsp3) is 0.333. The molecule has 1 fully saturated rings. The van der Waals surface area contributed by atoms with Gasteiger partial charge in [0.1, 0.15) is 5.75 Å². The third-order valence-electron chi connectivity index (χ3n) is 4.77. The van der Waals surface area contributed by atoms with Gasteiger partial charge in [0.15, 0.2) is 0 Å². The lowest BCUT2D eigenvalue weighted by Crippen LogP contribution is -2.35. The predicted molar refractivity (Wildman–Crippen MR) is 104 cm³/mol. The summed E-state index contributed by atoms with van der Waals surface area (Å²) in [6.07, 6.45) is 0.901. The zero-order valence-electron chi connectivity index (χ0n) is 15.7. The largest absolute Gasteiger partial charge is 0.497 e. The number of carbonyl (C=O) groups excluding carboxylic acids is 2. The second kappa shape index (κ2) is 8.58. The molecule has 142 valence electrons. The molecule has 2 aromatic rings. The average molecular weight is 368 g/mol. The van der Waals surface area contributed by atoms with Gasteiger partial charge >= 0.3 is 5.97 Å². The van der Waals surface area contributed by atoms with E-state index < -0.39 is 5.97 Å². The molecule has 0 radical (unpaired) electrons. The van der Waals surface area contributed by atoms with E-state index in [0.29, 0.717) is 24.2 Å². The van der Waals surface area contributed by atoms with Crippen molar-refractivity contribution in [3.05, 3.63) is 59.7 Å². The van der Waals surface area contributed by atoms with Gasteiger partial charge in [-0.1, -0.05) is 0 Å². The first kappa shape index (κ1) is 18.8. The van der Waals surface area contributed by atoms with Crippen LogP contribution in [0.15, 0.2) is 48.5 Å². The minimum Gasteiger partial charge on any atom is -0.497 e. The van der Waals surface area contributed by atoms with Crippen molar-refractivity contribution in [2.45, 2.75) is 6.42 Å². The first-order chi connectivity index (χ1) is 13.1. The van der Waals surface area contributed by atoms with E-state index in [-0.39, 0.29) is 5.91 Å². The van der Waals surface area contributed by atoms with Crippen molar-refractivity contribution in [2.24, 2.45) is 0 Å². The van der Waals surface area contributed by atoms with Crippen molar-refractivity contribution in [1.29, 1.82) is 0 Å². The SMILES string of the molecule is COC(=O)c1ccc(C(=O)N2CCCN(c3ccc(OC)cc3)CC2)cc1.